The van der Waals surface area contributed by atoms with Crippen LogP contribution < -0.4 is 10.1 Å². The van der Waals surface area contributed by atoms with Crippen molar-refractivity contribution in [1.82, 2.24) is 10.2 Å². The number of rotatable bonds is 3. The lowest BCUT2D eigenvalue weighted by Crippen LogP contribution is -2.42. The fourth-order valence-electron chi connectivity index (χ4n) is 2.13. The molecule has 1 amide bonds. The summed E-state index contributed by atoms with van der Waals surface area (Å²) in [7, 11) is 0. The Morgan fingerprint density at radius 1 is 1.45 bits per heavy atom. The predicted octanol–water partition coefficient (Wildman–Crippen LogP) is 2.18. The van der Waals surface area contributed by atoms with Gasteiger partial charge in [0.05, 0.1) is 4.47 Å². The summed E-state index contributed by atoms with van der Waals surface area (Å²) in [5, 5.41) is 3.25. The third kappa shape index (κ3) is 3.93. The number of ether oxygens (including phenoxy) is 1. The average molecular weight is 345 g/mol. The zero-order valence-electron chi connectivity index (χ0n) is 11.4. The fraction of sp³-hybridized carbons (Fsp3) is 0.500. The lowest BCUT2D eigenvalue weighted by atomic mass is 10.3. The van der Waals surface area contributed by atoms with Crippen LogP contribution >= 0.6 is 15.9 Å². The van der Waals surface area contributed by atoms with Crippen molar-refractivity contribution in [3.8, 4) is 5.75 Å². The van der Waals surface area contributed by atoms with Gasteiger partial charge in [0.15, 0.2) is 6.10 Å². The van der Waals surface area contributed by atoms with E-state index in [1.165, 1.54) is 18.2 Å². The molecule has 110 valence electrons. The Labute approximate surface area is 126 Å². The molecule has 1 aromatic carbocycles. The Bertz CT molecular complexity index is 476. The minimum absolute atomic E-state index is 0.0371. The number of amides is 1. The van der Waals surface area contributed by atoms with Crippen LogP contribution in [0.15, 0.2) is 22.7 Å². The molecule has 0 radical (unpaired) electrons. The zero-order valence-corrected chi connectivity index (χ0v) is 13.0. The van der Waals surface area contributed by atoms with Gasteiger partial charge in [0, 0.05) is 19.6 Å². The van der Waals surface area contributed by atoms with E-state index in [-0.39, 0.29) is 11.7 Å². The maximum atomic E-state index is 13.0. The van der Waals surface area contributed by atoms with Gasteiger partial charge in [-0.2, -0.15) is 0 Å². The Morgan fingerprint density at radius 3 is 3.00 bits per heavy atom. The van der Waals surface area contributed by atoms with Crippen LogP contribution in [0.1, 0.15) is 13.3 Å². The van der Waals surface area contributed by atoms with Gasteiger partial charge in [-0.3, -0.25) is 4.79 Å². The molecule has 1 aromatic rings. The van der Waals surface area contributed by atoms with Crippen LogP contribution in [-0.2, 0) is 4.79 Å². The molecular weight excluding hydrogens is 327 g/mol. The van der Waals surface area contributed by atoms with Gasteiger partial charge in [-0.25, -0.2) is 4.39 Å². The molecule has 0 unspecified atom stereocenters. The number of nitrogens with one attached hydrogen (secondary N) is 1. The first-order valence-electron chi connectivity index (χ1n) is 6.69. The smallest absolute Gasteiger partial charge is 0.263 e. The van der Waals surface area contributed by atoms with Crippen LogP contribution in [0.2, 0.25) is 0 Å². The monoisotopic (exact) mass is 344 g/mol. The van der Waals surface area contributed by atoms with E-state index in [0.717, 1.165) is 26.1 Å². The van der Waals surface area contributed by atoms with Crippen molar-refractivity contribution >= 4 is 21.8 Å². The minimum atomic E-state index is -0.588. The van der Waals surface area contributed by atoms with Gasteiger partial charge >= 0.3 is 0 Å². The molecule has 1 atom stereocenters. The van der Waals surface area contributed by atoms with Gasteiger partial charge in [0.25, 0.3) is 5.91 Å². The summed E-state index contributed by atoms with van der Waals surface area (Å²) in [6.45, 7) is 4.89. The lowest BCUT2D eigenvalue weighted by molar-refractivity contribution is -0.137. The maximum absolute atomic E-state index is 13.0. The van der Waals surface area contributed by atoms with Crippen LogP contribution in [0.4, 0.5) is 4.39 Å². The predicted molar refractivity (Wildman–Crippen MR) is 78.3 cm³/mol. The summed E-state index contributed by atoms with van der Waals surface area (Å²) in [5.41, 5.74) is 0. The fourth-order valence-corrected chi connectivity index (χ4v) is 2.58. The summed E-state index contributed by atoms with van der Waals surface area (Å²) in [6.07, 6.45) is 0.355. The first-order valence-corrected chi connectivity index (χ1v) is 7.48. The van der Waals surface area contributed by atoms with Gasteiger partial charge < -0.3 is 15.0 Å². The molecule has 0 saturated carbocycles. The lowest BCUT2D eigenvalue weighted by Gasteiger charge is -2.24. The van der Waals surface area contributed by atoms with Crippen molar-refractivity contribution in [2.45, 2.75) is 19.4 Å². The standard InChI is InChI=1S/C14H18BrFN2O2/c1-10(14(19)18-7-2-5-17-6-8-18)20-13-4-3-11(16)9-12(13)15/h3-4,9-10,17H,2,5-8H2,1H3/t10-/m0/s1. The number of nitrogens with zero attached hydrogens (tertiary/aromatic N) is 1. The van der Waals surface area contributed by atoms with E-state index in [4.69, 9.17) is 4.74 Å². The van der Waals surface area contributed by atoms with Crippen molar-refractivity contribution in [3.63, 3.8) is 0 Å². The highest BCUT2D eigenvalue weighted by atomic mass is 79.9. The molecule has 6 heteroatoms. The van der Waals surface area contributed by atoms with Crippen molar-refractivity contribution in [3.05, 3.63) is 28.5 Å². The molecule has 20 heavy (non-hydrogen) atoms. The summed E-state index contributed by atoms with van der Waals surface area (Å²) < 4.78 is 19.2. The number of halogens is 2. The summed E-state index contributed by atoms with van der Waals surface area (Å²) >= 11 is 3.23. The largest absolute Gasteiger partial charge is 0.480 e. The second kappa shape index (κ2) is 7.04. The van der Waals surface area contributed by atoms with E-state index < -0.39 is 6.10 Å². The van der Waals surface area contributed by atoms with Crippen LogP contribution in [-0.4, -0.2) is 43.1 Å². The first-order chi connectivity index (χ1) is 9.58. The highest BCUT2D eigenvalue weighted by Crippen LogP contribution is 2.26. The molecular formula is C14H18BrFN2O2. The van der Waals surface area contributed by atoms with Crippen LogP contribution in [0, 0.1) is 5.82 Å². The number of hydrogen-bond donors (Lipinski definition) is 1. The molecule has 0 aromatic heterocycles. The Kier molecular flexibility index (Phi) is 5.37. The van der Waals surface area contributed by atoms with E-state index in [1.54, 1.807) is 6.92 Å². The van der Waals surface area contributed by atoms with E-state index in [1.807, 2.05) is 4.90 Å². The molecule has 0 bridgehead atoms. The molecule has 1 fully saturated rings. The second-order valence-corrected chi connectivity index (χ2v) is 5.62. The second-order valence-electron chi connectivity index (χ2n) is 4.76. The van der Waals surface area contributed by atoms with Crippen molar-refractivity contribution in [2.75, 3.05) is 26.2 Å². The first kappa shape index (κ1) is 15.3. The van der Waals surface area contributed by atoms with E-state index in [2.05, 4.69) is 21.2 Å². The molecule has 0 aliphatic carbocycles. The normalized spacial score (nSPS) is 17.4. The molecule has 1 aliphatic heterocycles. The van der Waals surface area contributed by atoms with Crippen LogP contribution in [0.3, 0.4) is 0 Å². The van der Waals surface area contributed by atoms with Gasteiger partial charge in [0.1, 0.15) is 11.6 Å². The summed E-state index contributed by atoms with van der Waals surface area (Å²) in [4.78, 5) is 14.1. The number of hydrogen-bond acceptors (Lipinski definition) is 3. The van der Waals surface area contributed by atoms with Crippen LogP contribution in [0.25, 0.3) is 0 Å². The number of carbonyl (C=O) groups is 1. The number of benzene rings is 1. The van der Waals surface area contributed by atoms with Gasteiger partial charge in [-0.1, -0.05) is 0 Å². The minimum Gasteiger partial charge on any atom is -0.480 e. The van der Waals surface area contributed by atoms with Crippen molar-refractivity contribution < 1.29 is 13.9 Å². The van der Waals surface area contributed by atoms with Gasteiger partial charge in [-0.15, -0.1) is 0 Å². The van der Waals surface area contributed by atoms with Gasteiger partial charge in [0.2, 0.25) is 0 Å². The molecule has 4 nitrogen and oxygen atoms in total. The molecule has 0 spiro atoms. The van der Waals surface area contributed by atoms with Crippen molar-refractivity contribution in [1.29, 1.82) is 0 Å². The third-order valence-corrected chi connectivity index (χ3v) is 3.82. The highest BCUT2D eigenvalue weighted by Gasteiger charge is 2.23. The van der Waals surface area contributed by atoms with Crippen LogP contribution in [0.5, 0.6) is 5.75 Å². The molecule has 1 saturated heterocycles. The summed E-state index contributed by atoms with van der Waals surface area (Å²) in [5.74, 6) is 0.0897. The molecule has 1 aliphatic rings. The maximum Gasteiger partial charge on any atom is 0.263 e. The molecule has 1 heterocycles. The number of carbonyl (C=O) groups excluding carboxylic acids is 1. The molecule has 1 N–H and O–H groups in total. The van der Waals surface area contributed by atoms with E-state index in [0.29, 0.717) is 16.8 Å². The van der Waals surface area contributed by atoms with Crippen molar-refractivity contribution in [2.24, 2.45) is 0 Å². The zero-order chi connectivity index (χ0) is 14.5. The summed E-state index contributed by atoms with van der Waals surface area (Å²) in [6, 6.07) is 4.16. The van der Waals surface area contributed by atoms with E-state index >= 15 is 0 Å². The van der Waals surface area contributed by atoms with E-state index in [9.17, 15) is 9.18 Å². The quantitative estimate of drug-likeness (QED) is 0.913. The Balaban J connectivity index is 1.99. The van der Waals surface area contributed by atoms with Gasteiger partial charge in [-0.05, 0) is 54.0 Å². The topological polar surface area (TPSA) is 41.6 Å². The average Bonchev–Trinajstić information content (AvgIpc) is 2.70. The third-order valence-electron chi connectivity index (χ3n) is 3.20. The Morgan fingerprint density at radius 2 is 2.25 bits per heavy atom. The SMILES string of the molecule is C[C@H](Oc1ccc(F)cc1Br)C(=O)N1CCCNCC1. The Hall–Kier alpha value is -1.14. The highest BCUT2D eigenvalue weighted by molar-refractivity contribution is 9.10. The molecule has 2 rings (SSSR count).